The minimum atomic E-state index is -2.66. The van der Waals surface area contributed by atoms with Gasteiger partial charge in [-0.3, -0.25) is 19.8 Å². The van der Waals surface area contributed by atoms with Crippen molar-refractivity contribution in [2.24, 2.45) is 5.41 Å². The minimum absolute atomic E-state index is 0.0762. The molecular formula is C26H29F3N4O3. The van der Waals surface area contributed by atoms with Gasteiger partial charge in [-0.2, -0.15) is 0 Å². The van der Waals surface area contributed by atoms with E-state index in [4.69, 9.17) is 10.1 Å². The Labute approximate surface area is 207 Å². The molecule has 192 valence electrons. The van der Waals surface area contributed by atoms with Crippen molar-refractivity contribution in [1.29, 1.82) is 5.41 Å². The number of piperidine rings is 2. The third-order valence-electron chi connectivity index (χ3n) is 6.80. The number of halogens is 3. The van der Waals surface area contributed by atoms with Gasteiger partial charge in [0, 0.05) is 43.8 Å². The monoisotopic (exact) mass is 502 g/mol. The van der Waals surface area contributed by atoms with Gasteiger partial charge in [-0.1, -0.05) is 12.1 Å². The van der Waals surface area contributed by atoms with Crippen LogP contribution < -0.4 is 15.4 Å². The largest absolute Gasteiger partial charge is 0.454 e. The Hall–Kier alpha value is -3.40. The molecule has 0 spiro atoms. The maximum Gasteiger partial charge on any atom is 0.260 e. The number of hydrogen-bond donors (Lipinski definition) is 3. The lowest BCUT2D eigenvalue weighted by Gasteiger charge is -2.33. The fraction of sp³-hybridized carbons (Fsp3) is 0.423. The van der Waals surface area contributed by atoms with Crippen LogP contribution in [0.1, 0.15) is 43.7 Å². The topological polar surface area (TPSA) is 94.5 Å². The molecule has 2 aromatic rings. The van der Waals surface area contributed by atoms with Crippen LogP contribution in [0.2, 0.25) is 0 Å². The zero-order valence-corrected chi connectivity index (χ0v) is 20.2. The predicted octanol–water partition coefficient (Wildman–Crippen LogP) is 4.70. The number of imide groups is 1. The number of carbonyl (C=O) groups is 2. The van der Waals surface area contributed by atoms with Gasteiger partial charge in [-0.25, -0.2) is 13.2 Å². The van der Waals surface area contributed by atoms with Crippen LogP contribution in [0, 0.1) is 16.6 Å². The third kappa shape index (κ3) is 5.38. The molecule has 36 heavy (non-hydrogen) atoms. The summed E-state index contributed by atoms with van der Waals surface area (Å²) in [5, 5.41) is 13.8. The number of hydrogen-bond acceptors (Lipinski definition) is 6. The summed E-state index contributed by atoms with van der Waals surface area (Å²) >= 11 is 0. The highest BCUT2D eigenvalue weighted by atomic mass is 19.3. The summed E-state index contributed by atoms with van der Waals surface area (Å²) in [4.78, 5) is 25.7. The van der Waals surface area contributed by atoms with Crippen molar-refractivity contribution < 1.29 is 27.5 Å². The standard InChI is InChI=1S/C26H29F3N4O3/c1-25(10-8-22(34)32-24(25)35)23(30)18-12-19(27)21(13-20(18)31-2)36-17-6-4-16(5-7-17)14-33-11-3-9-26(28,29)15-33/h4-7,12-13,30-31H,3,8-11,14-15H2,1-2H3,(H,32,34,35). The van der Waals surface area contributed by atoms with Crippen LogP contribution in [0.4, 0.5) is 18.9 Å². The Morgan fingerprint density at radius 3 is 2.56 bits per heavy atom. The molecule has 3 N–H and O–H groups in total. The van der Waals surface area contributed by atoms with Crippen LogP contribution in [-0.2, 0) is 16.1 Å². The molecule has 2 aromatic carbocycles. The van der Waals surface area contributed by atoms with Gasteiger partial charge in [0.1, 0.15) is 5.75 Å². The molecule has 2 fully saturated rings. The normalized spacial score (nSPS) is 22.1. The lowest BCUT2D eigenvalue weighted by atomic mass is 9.74. The molecule has 2 saturated heterocycles. The lowest BCUT2D eigenvalue weighted by molar-refractivity contribution is -0.138. The minimum Gasteiger partial charge on any atom is -0.454 e. The molecule has 2 aliphatic heterocycles. The lowest BCUT2D eigenvalue weighted by Crippen LogP contribution is -2.51. The number of amides is 2. The second-order valence-electron chi connectivity index (χ2n) is 9.58. The summed E-state index contributed by atoms with van der Waals surface area (Å²) in [7, 11) is 1.61. The fourth-order valence-electron chi connectivity index (χ4n) is 4.61. The van der Waals surface area contributed by atoms with E-state index in [1.807, 2.05) is 0 Å². The number of likely N-dealkylation sites (tertiary alicyclic amines) is 1. The number of ether oxygens (including phenoxy) is 1. The van der Waals surface area contributed by atoms with Crippen molar-refractivity contribution in [3.8, 4) is 11.5 Å². The smallest absolute Gasteiger partial charge is 0.260 e. The van der Waals surface area contributed by atoms with E-state index in [9.17, 15) is 18.4 Å². The van der Waals surface area contributed by atoms with E-state index in [2.05, 4.69) is 10.6 Å². The zero-order valence-electron chi connectivity index (χ0n) is 20.2. The molecule has 1 unspecified atom stereocenters. The Bertz CT molecular complexity index is 1190. The van der Waals surface area contributed by atoms with Gasteiger partial charge < -0.3 is 15.5 Å². The highest BCUT2D eigenvalue weighted by molar-refractivity contribution is 6.20. The summed E-state index contributed by atoms with van der Waals surface area (Å²) in [5.74, 6) is -4.07. The zero-order chi connectivity index (χ0) is 26.1. The average Bonchev–Trinajstić information content (AvgIpc) is 2.83. The van der Waals surface area contributed by atoms with E-state index in [0.29, 0.717) is 30.9 Å². The van der Waals surface area contributed by atoms with Crippen LogP contribution in [0.3, 0.4) is 0 Å². The third-order valence-corrected chi connectivity index (χ3v) is 6.80. The van der Waals surface area contributed by atoms with E-state index in [1.165, 1.54) is 6.07 Å². The number of carbonyl (C=O) groups excluding carboxylic acids is 2. The van der Waals surface area contributed by atoms with Crippen LogP contribution in [0.5, 0.6) is 11.5 Å². The van der Waals surface area contributed by atoms with Crippen molar-refractivity contribution in [2.45, 2.75) is 45.1 Å². The summed E-state index contributed by atoms with van der Waals surface area (Å²) in [6.45, 7) is 2.31. The van der Waals surface area contributed by atoms with Crippen LogP contribution in [-0.4, -0.2) is 48.5 Å². The summed E-state index contributed by atoms with van der Waals surface area (Å²) in [5.41, 5.74) is 0.0586. The first-order chi connectivity index (χ1) is 17.0. The fourth-order valence-corrected chi connectivity index (χ4v) is 4.61. The molecule has 2 heterocycles. The molecular weight excluding hydrogens is 473 g/mol. The second-order valence-corrected chi connectivity index (χ2v) is 9.58. The Morgan fingerprint density at radius 1 is 1.19 bits per heavy atom. The molecule has 0 saturated carbocycles. The molecule has 4 rings (SSSR count). The van der Waals surface area contributed by atoms with Gasteiger partial charge in [0.2, 0.25) is 11.8 Å². The number of nitrogens with zero attached hydrogens (tertiary/aromatic N) is 1. The van der Waals surface area contributed by atoms with Crippen LogP contribution in [0.15, 0.2) is 36.4 Å². The predicted molar refractivity (Wildman–Crippen MR) is 129 cm³/mol. The molecule has 0 radical (unpaired) electrons. The van der Waals surface area contributed by atoms with Crippen molar-refractivity contribution in [1.82, 2.24) is 10.2 Å². The maximum atomic E-state index is 15.0. The molecule has 0 aromatic heterocycles. The highest BCUT2D eigenvalue weighted by Crippen LogP contribution is 2.37. The van der Waals surface area contributed by atoms with Gasteiger partial charge in [0.25, 0.3) is 5.92 Å². The van der Waals surface area contributed by atoms with Gasteiger partial charge in [-0.05, 0) is 50.1 Å². The molecule has 1 atom stereocenters. The summed E-state index contributed by atoms with van der Waals surface area (Å²) in [6.07, 6.45) is 0.623. The Morgan fingerprint density at radius 2 is 1.92 bits per heavy atom. The van der Waals surface area contributed by atoms with E-state index < -0.39 is 29.0 Å². The van der Waals surface area contributed by atoms with Crippen molar-refractivity contribution >= 4 is 23.2 Å². The quantitative estimate of drug-likeness (QED) is 0.377. The molecule has 0 aliphatic carbocycles. The number of rotatable bonds is 7. The van der Waals surface area contributed by atoms with Crippen molar-refractivity contribution in [2.75, 3.05) is 25.5 Å². The summed E-state index contributed by atoms with van der Waals surface area (Å²) in [6, 6.07) is 9.37. The first-order valence-electron chi connectivity index (χ1n) is 11.8. The first kappa shape index (κ1) is 25.7. The molecule has 7 nitrogen and oxygen atoms in total. The number of benzene rings is 2. The van der Waals surface area contributed by atoms with E-state index in [1.54, 1.807) is 43.1 Å². The van der Waals surface area contributed by atoms with Gasteiger partial charge >= 0.3 is 0 Å². The highest BCUT2D eigenvalue weighted by Gasteiger charge is 2.43. The molecule has 0 bridgehead atoms. The molecule has 2 amide bonds. The number of anilines is 1. The maximum absolute atomic E-state index is 15.0. The number of nitrogens with one attached hydrogen (secondary N) is 3. The van der Waals surface area contributed by atoms with Gasteiger partial charge in [-0.15, -0.1) is 0 Å². The average molecular weight is 503 g/mol. The van der Waals surface area contributed by atoms with Crippen molar-refractivity contribution in [3.63, 3.8) is 0 Å². The van der Waals surface area contributed by atoms with Gasteiger partial charge in [0.05, 0.1) is 17.7 Å². The van der Waals surface area contributed by atoms with Crippen LogP contribution in [0.25, 0.3) is 0 Å². The molecule has 10 heteroatoms. The van der Waals surface area contributed by atoms with E-state index in [0.717, 1.165) is 11.6 Å². The van der Waals surface area contributed by atoms with Crippen LogP contribution >= 0.6 is 0 Å². The van der Waals surface area contributed by atoms with E-state index in [-0.39, 0.29) is 42.8 Å². The summed E-state index contributed by atoms with van der Waals surface area (Å²) < 4.78 is 48.1. The molecule has 2 aliphatic rings. The number of alkyl halides is 2. The second kappa shape index (κ2) is 9.93. The Kier molecular flexibility index (Phi) is 7.08. The van der Waals surface area contributed by atoms with Crippen molar-refractivity contribution in [3.05, 3.63) is 53.3 Å². The SMILES string of the molecule is CNc1cc(Oc2ccc(CN3CCCC(F)(F)C3)cc2)c(F)cc1C(=N)C1(C)CCC(=O)NC1=O. The Balaban J connectivity index is 1.49. The van der Waals surface area contributed by atoms with E-state index >= 15 is 4.39 Å². The van der Waals surface area contributed by atoms with Gasteiger partial charge in [0.15, 0.2) is 11.6 Å². The first-order valence-corrected chi connectivity index (χ1v) is 11.8.